The molecule has 0 unspecified atom stereocenters. The maximum atomic E-state index is 4.85. The van der Waals surface area contributed by atoms with Crippen LogP contribution in [0.3, 0.4) is 0 Å². The highest BCUT2D eigenvalue weighted by atomic mass is 79.9. The first-order chi connectivity index (χ1) is 13.0. The number of aromatic nitrogens is 3. The summed E-state index contributed by atoms with van der Waals surface area (Å²) in [5.74, 6) is 2.13. The third kappa shape index (κ3) is 3.41. The first-order valence-electron chi connectivity index (χ1n) is 9.08. The summed E-state index contributed by atoms with van der Waals surface area (Å²) in [4.78, 5) is 4.58. The van der Waals surface area contributed by atoms with Gasteiger partial charge in [-0.2, -0.15) is 5.10 Å². The van der Waals surface area contributed by atoms with E-state index in [-0.39, 0.29) is 5.25 Å². The number of rotatable bonds is 2. The van der Waals surface area contributed by atoms with Crippen LogP contribution in [0.1, 0.15) is 34.4 Å². The van der Waals surface area contributed by atoms with E-state index in [1.807, 2.05) is 47.9 Å². The van der Waals surface area contributed by atoms with Gasteiger partial charge in [-0.25, -0.2) is 0 Å². The molecule has 0 spiro atoms. The molecule has 1 aliphatic rings. The summed E-state index contributed by atoms with van der Waals surface area (Å²) in [7, 11) is 2.01. The van der Waals surface area contributed by atoms with Crippen molar-refractivity contribution in [2.45, 2.75) is 32.1 Å². The zero-order chi connectivity index (χ0) is 19.1. The zero-order valence-electron chi connectivity index (χ0n) is 16.0. The Labute approximate surface area is 172 Å². The van der Waals surface area contributed by atoms with Crippen LogP contribution in [-0.2, 0) is 7.05 Å². The molecule has 0 fully saturated rings. The van der Waals surface area contributed by atoms with E-state index in [0.717, 1.165) is 27.4 Å². The zero-order valence-corrected chi connectivity index (χ0v) is 18.4. The van der Waals surface area contributed by atoms with Gasteiger partial charge in [-0.3, -0.25) is 9.67 Å². The van der Waals surface area contributed by atoms with E-state index >= 15 is 0 Å². The molecule has 0 amide bonds. The van der Waals surface area contributed by atoms with Crippen LogP contribution in [0.15, 0.2) is 41.0 Å². The summed E-state index contributed by atoms with van der Waals surface area (Å²) in [6, 6.07) is 10.9. The monoisotopic (exact) mass is 442 g/mol. The summed E-state index contributed by atoms with van der Waals surface area (Å²) < 4.78 is 3.13. The maximum absolute atomic E-state index is 4.85. The van der Waals surface area contributed by atoms with Crippen LogP contribution in [0.2, 0.25) is 0 Å². The van der Waals surface area contributed by atoms with Crippen LogP contribution < -0.4 is 5.32 Å². The van der Waals surface area contributed by atoms with Crippen molar-refractivity contribution in [2.24, 2.45) is 7.05 Å². The van der Waals surface area contributed by atoms with E-state index in [2.05, 4.69) is 59.1 Å². The van der Waals surface area contributed by atoms with Crippen molar-refractivity contribution in [1.82, 2.24) is 14.8 Å². The molecule has 4 rings (SSSR count). The molecule has 1 N–H and O–H groups in total. The third-order valence-electron chi connectivity index (χ3n) is 4.98. The summed E-state index contributed by atoms with van der Waals surface area (Å²) in [5.41, 5.74) is 7.01. The van der Waals surface area contributed by atoms with Crippen molar-refractivity contribution >= 4 is 33.5 Å². The lowest BCUT2D eigenvalue weighted by molar-refractivity contribution is 0.757. The van der Waals surface area contributed by atoms with Crippen molar-refractivity contribution in [3.63, 3.8) is 0 Å². The van der Waals surface area contributed by atoms with Gasteiger partial charge in [-0.15, -0.1) is 11.8 Å². The molecule has 4 nitrogen and oxygen atoms in total. The number of nitrogens with one attached hydrogen (secondary N) is 1. The van der Waals surface area contributed by atoms with Gasteiger partial charge in [0.25, 0.3) is 0 Å². The van der Waals surface area contributed by atoms with Crippen molar-refractivity contribution in [3.8, 4) is 11.4 Å². The lowest BCUT2D eigenvalue weighted by atomic mass is 9.96. The molecule has 0 saturated carbocycles. The number of pyridine rings is 1. The van der Waals surface area contributed by atoms with Crippen molar-refractivity contribution < 1.29 is 0 Å². The normalized spacial score (nSPS) is 19.3. The number of halogens is 1. The lowest BCUT2D eigenvalue weighted by Gasteiger charge is -2.20. The quantitative estimate of drug-likeness (QED) is 0.568. The number of benzene rings is 1. The number of nitrogens with zero attached hydrogens (tertiary/aromatic N) is 3. The number of thioether (sulfide) groups is 1. The molecule has 27 heavy (non-hydrogen) atoms. The van der Waals surface area contributed by atoms with Gasteiger partial charge >= 0.3 is 0 Å². The Bertz CT molecular complexity index is 984. The van der Waals surface area contributed by atoms with Gasteiger partial charge < -0.3 is 5.32 Å². The predicted molar refractivity (Wildman–Crippen MR) is 117 cm³/mol. The van der Waals surface area contributed by atoms with Gasteiger partial charge in [-0.05, 0) is 55.7 Å². The Morgan fingerprint density at radius 3 is 2.78 bits per heavy atom. The fourth-order valence-electron chi connectivity index (χ4n) is 3.58. The van der Waals surface area contributed by atoms with Gasteiger partial charge in [0, 0.05) is 35.1 Å². The van der Waals surface area contributed by atoms with Crippen LogP contribution in [0.5, 0.6) is 0 Å². The molecular formula is C21H23BrN4S. The second-order valence-electron chi connectivity index (χ2n) is 7.17. The average molecular weight is 443 g/mol. The number of hydrogen-bond donors (Lipinski definition) is 1. The fraction of sp³-hybridized carbons (Fsp3) is 0.333. The Hall–Kier alpha value is -1.79. The average Bonchev–Trinajstić information content (AvgIpc) is 2.86. The van der Waals surface area contributed by atoms with Gasteiger partial charge in [0.2, 0.25) is 0 Å². The molecule has 6 heteroatoms. The molecule has 140 valence electrons. The van der Waals surface area contributed by atoms with E-state index in [1.165, 1.54) is 22.3 Å². The molecule has 0 radical (unpaired) electrons. The highest BCUT2D eigenvalue weighted by molar-refractivity contribution is 9.10. The first kappa shape index (κ1) is 18.6. The van der Waals surface area contributed by atoms with Gasteiger partial charge in [0.15, 0.2) is 0 Å². The van der Waals surface area contributed by atoms with Crippen LogP contribution in [0.4, 0.5) is 5.82 Å². The predicted octanol–water partition coefficient (Wildman–Crippen LogP) is 5.50. The molecule has 3 heterocycles. The molecule has 0 saturated heterocycles. The molecule has 3 aromatic rings. The molecule has 0 aliphatic carbocycles. The van der Waals surface area contributed by atoms with Gasteiger partial charge in [0.05, 0.1) is 10.9 Å². The van der Waals surface area contributed by atoms with Crippen molar-refractivity contribution in [2.75, 3.05) is 11.1 Å². The molecule has 1 aliphatic heterocycles. The van der Waals surface area contributed by atoms with Gasteiger partial charge in [0.1, 0.15) is 11.5 Å². The Kier molecular flexibility index (Phi) is 5.03. The number of anilines is 1. The first-order valence-corrected chi connectivity index (χ1v) is 10.9. The highest BCUT2D eigenvalue weighted by Crippen LogP contribution is 2.47. The largest absolute Gasteiger partial charge is 0.367 e. The Morgan fingerprint density at radius 2 is 2.04 bits per heavy atom. The molecule has 2 atom stereocenters. The van der Waals surface area contributed by atoms with E-state index in [1.54, 1.807) is 0 Å². The molecule has 0 bridgehead atoms. The second kappa shape index (κ2) is 7.32. The topological polar surface area (TPSA) is 42.7 Å². The number of fused-ring (bicyclic) bond motifs is 1. The van der Waals surface area contributed by atoms with E-state index < -0.39 is 0 Å². The van der Waals surface area contributed by atoms with Crippen LogP contribution in [0.25, 0.3) is 11.4 Å². The number of hydrogen-bond acceptors (Lipinski definition) is 4. The van der Waals surface area contributed by atoms with Crippen LogP contribution in [-0.4, -0.2) is 26.6 Å². The molecule has 2 aromatic heterocycles. The van der Waals surface area contributed by atoms with E-state index in [0.29, 0.717) is 6.04 Å². The smallest absolute Gasteiger partial charge is 0.129 e. The Balaban J connectivity index is 1.95. The fourth-order valence-corrected chi connectivity index (χ4v) is 5.43. The minimum absolute atomic E-state index is 0.218. The summed E-state index contributed by atoms with van der Waals surface area (Å²) >= 11 is 5.65. The molecular weight excluding hydrogens is 420 g/mol. The minimum Gasteiger partial charge on any atom is -0.367 e. The number of aryl methyl sites for hydroxylation is 3. The van der Waals surface area contributed by atoms with Gasteiger partial charge in [-0.1, -0.05) is 28.1 Å². The SMILES string of the molecule is Cc1cc([C@@H]2SC[C@H](C)Nc3c2c(-c2ccccn2)nn3C)c(C)cc1Br. The van der Waals surface area contributed by atoms with Crippen molar-refractivity contribution in [1.29, 1.82) is 0 Å². The maximum Gasteiger partial charge on any atom is 0.129 e. The van der Waals surface area contributed by atoms with Crippen LogP contribution in [0, 0.1) is 13.8 Å². The van der Waals surface area contributed by atoms with Crippen LogP contribution >= 0.6 is 27.7 Å². The third-order valence-corrected chi connectivity index (χ3v) is 7.35. The van der Waals surface area contributed by atoms with Crippen molar-refractivity contribution in [3.05, 3.63) is 63.3 Å². The van der Waals surface area contributed by atoms with E-state index in [9.17, 15) is 0 Å². The minimum atomic E-state index is 0.218. The molecule has 1 aromatic carbocycles. The second-order valence-corrected chi connectivity index (χ2v) is 9.16. The summed E-state index contributed by atoms with van der Waals surface area (Å²) in [6.07, 6.45) is 1.83. The van der Waals surface area contributed by atoms with E-state index in [4.69, 9.17) is 5.10 Å². The standard InChI is InChI=1S/C21H23BrN4S/c1-12-10-16(22)13(2)9-15(12)20-18-19(17-7-5-6-8-23-17)25-26(4)21(18)24-14(3)11-27-20/h5-10,14,20,24H,11H2,1-4H3/t14-,20-/m0/s1. The summed E-state index contributed by atoms with van der Waals surface area (Å²) in [6.45, 7) is 6.57. The highest BCUT2D eigenvalue weighted by Gasteiger charge is 2.32. The summed E-state index contributed by atoms with van der Waals surface area (Å²) in [5, 5.41) is 8.74. The Morgan fingerprint density at radius 1 is 1.22 bits per heavy atom. The lowest BCUT2D eigenvalue weighted by Crippen LogP contribution is -2.18.